The van der Waals surface area contributed by atoms with Crippen LogP contribution in [0.15, 0.2) is 36.7 Å². The summed E-state index contributed by atoms with van der Waals surface area (Å²) in [5.74, 6) is -0.0747. The van der Waals surface area contributed by atoms with Gasteiger partial charge in [0.05, 0.1) is 18.9 Å². The summed E-state index contributed by atoms with van der Waals surface area (Å²) in [6, 6.07) is 7.73. The molecule has 1 aromatic heterocycles. The largest absolute Gasteiger partial charge is 0.381 e. The standard InChI is InChI=1S/C20H28N4O3/c1-21-19(17-12-23-24(2)13-17)20(25)22-11-15-4-3-5-16(10-15)14-27-18-6-8-26-9-7-18/h3-5,10,12-13,18-19,21H,6-9,11,14H2,1-2H3,(H,22,25). The van der Waals surface area contributed by atoms with Gasteiger partial charge < -0.3 is 20.1 Å². The van der Waals surface area contributed by atoms with Gasteiger partial charge in [0.25, 0.3) is 0 Å². The first-order chi connectivity index (χ1) is 13.2. The number of benzene rings is 1. The third-order valence-corrected chi connectivity index (χ3v) is 4.72. The zero-order valence-corrected chi connectivity index (χ0v) is 16.0. The summed E-state index contributed by atoms with van der Waals surface area (Å²) in [4.78, 5) is 12.5. The summed E-state index contributed by atoms with van der Waals surface area (Å²) < 4.78 is 13.0. The quantitative estimate of drug-likeness (QED) is 0.737. The minimum absolute atomic E-state index is 0.0747. The first-order valence-electron chi connectivity index (χ1n) is 9.36. The molecule has 1 aliphatic heterocycles. The van der Waals surface area contributed by atoms with Crippen molar-refractivity contribution < 1.29 is 14.3 Å². The molecule has 1 saturated heterocycles. The molecule has 2 aromatic rings. The molecule has 7 nitrogen and oxygen atoms in total. The van der Waals surface area contributed by atoms with Gasteiger partial charge in [-0.3, -0.25) is 9.48 Å². The molecule has 7 heteroatoms. The Labute approximate surface area is 160 Å². The number of aryl methyl sites for hydroxylation is 1. The normalized spacial score (nSPS) is 16.2. The lowest BCUT2D eigenvalue weighted by Crippen LogP contribution is -2.35. The number of amides is 1. The Morgan fingerprint density at radius 2 is 2.15 bits per heavy atom. The number of hydrogen-bond donors (Lipinski definition) is 2. The fraction of sp³-hybridized carbons (Fsp3) is 0.500. The molecular weight excluding hydrogens is 344 g/mol. The molecule has 2 heterocycles. The van der Waals surface area contributed by atoms with Crippen LogP contribution in [0.3, 0.4) is 0 Å². The molecule has 146 valence electrons. The van der Waals surface area contributed by atoms with Gasteiger partial charge >= 0.3 is 0 Å². The number of likely N-dealkylation sites (N-methyl/N-ethyl adjacent to an activating group) is 1. The molecule has 0 bridgehead atoms. The summed E-state index contributed by atoms with van der Waals surface area (Å²) >= 11 is 0. The van der Waals surface area contributed by atoms with Crippen LogP contribution in [0.1, 0.15) is 35.6 Å². The predicted octanol–water partition coefficient (Wildman–Crippen LogP) is 1.69. The highest BCUT2D eigenvalue weighted by atomic mass is 16.5. The van der Waals surface area contributed by atoms with Gasteiger partial charge in [0.15, 0.2) is 0 Å². The molecule has 1 fully saturated rings. The van der Waals surface area contributed by atoms with Gasteiger partial charge in [-0.05, 0) is 31.0 Å². The van der Waals surface area contributed by atoms with Crippen molar-refractivity contribution in [3.8, 4) is 0 Å². The van der Waals surface area contributed by atoms with Crippen molar-refractivity contribution in [2.45, 2.75) is 38.1 Å². The summed E-state index contributed by atoms with van der Waals surface area (Å²) in [5, 5.41) is 10.2. The third-order valence-electron chi connectivity index (χ3n) is 4.72. The van der Waals surface area contributed by atoms with Gasteiger partial charge in [-0.25, -0.2) is 0 Å². The van der Waals surface area contributed by atoms with E-state index in [1.54, 1.807) is 17.9 Å². The van der Waals surface area contributed by atoms with Crippen molar-refractivity contribution in [3.63, 3.8) is 0 Å². The molecule has 1 aliphatic rings. The Kier molecular flexibility index (Phi) is 6.98. The van der Waals surface area contributed by atoms with Crippen LogP contribution in [0.4, 0.5) is 0 Å². The van der Waals surface area contributed by atoms with Crippen molar-refractivity contribution in [2.75, 3.05) is 20.3 Å². The zero-order valence-electron chi connectivity index (χ0n) is 16.0. The number of rotatable bonds is 8. The number of nitrogens with zero attached hydrogens (tertiary/aromatic N) is 2. The van der Waals surface area contributed by atoms with E-state index in [0.717, 1.165) is 42.7 Å². The molecule has 0 saturated carbocycles. The monoisotopic (exact) mass is 372 g/mol. The van der Waals surface area contributed by atoms with Crippen molar-refractivity contribution in [3.05, 3.63) is 53.3 Å². The number of ether oxygens (including phenoxy) is 2. The van der Waals surface area contributed by atoms with Crippen molar-refractivity contribution >= 4 is 5.91 Å². The van der Waals surface area contributed by atoms with E-state index in [4.69, 9.17) is 9.47 Å². The van der Waals surface area contributed by atoms with Crippen molar-refractivity contribution in [1.29, 1.82) is 0 Å². The van der Waals surface area contributed by atoms with Crippen LogP contribution < -0.4 is 10.6 Å². The van der Waals surface area contributed by atoms with Gasteiger partial charge in [-0.2, -0.15) is 5.10 Å². The Morgan fingerprint density at radius 3 is 2.85 bits per heavy atom. The van der Waals surface area contributed by atoms with Crippen LogP contribution in [0.5, 0.6) is 0 Å². The van der Waals surface area contributed by atoms with Gasteiger partial charge in [-0.15, -0.1) is 0 Å². The zero-order chi connectivity index (χ0) is 19.1. The van der Waals surface area contributed by atoms with E-state index in [1.165, 1.54) is 0 Å². The Morgan fingerprint density at radius 1 is 1.37 bits per heavy atom. The number of hydrogen-bond acceptors (Lipinski definition) is 5. The summed E-state index contributed by atoms with van der Waals surface area (Å²) in [5.41, 5.74) is 3.01. The molecule has 0 spiro atoms. The van der Waals surface area contributed by atoms with E-state index in [9.17, 15) is 4.79 Å². The van der Waals surface area contributed by atoms with Gasteiger partial charge in [-0.1, -0.05) is 24.3 Å². The number of nitrogens with one attached hydrogen (secondary N) is 2. The summed E-state index contributed by atoms with van der Waals surface area (Å²) in [7, 11) is 3.60. The van der Waals surface area contributed by atoms with Crippen molar-refractivity contribution in [1.82, 2.24) is 20.4 Å². The van der Waals surface area contributed by atoms with Crippen LogP contribution in [0, 0.1) is 0 Å². The van der Waals surface area contributed by atoms with E-state index in [1.807, 2.05) is 25.4 Å². The highest BCUT2D eigenvalue weighted by Gasteiger charge is 2.19. The molecule has 3 rings (SSSR count). The molecule has 1 atom stereocenters. The SMILES string of the molecule is CNC(C(=O)NCc1cccc(COC2CCOCC2)c1)c1cnn(C)c1. The minimum Gasteiger partial charge on any atom is -0.381 e. The van der Waals surface area contributed by atoms with Gasteiger partial charge in [0, 0.05) is 38.6 Å². The Bertz CT molecular complexity index is 740. The Balaban J connectivity index is 1.52. The lowest BCUT2D eigenvalue weighted by Gasteiger charge is -2.22. The fourth-order valence-corrected chi connectivity index (χ4v) is 3.22. The van der Waals surface area contributed by atoms with Crippen LogP contribution in [0.2, 0.25) is 0 Å². The summed E-state index contributed by atoms with van der Waals surface area (Å²) in [6.45, 7) is 2.62. The first-order valence-corrected chi connectivity index (χ1v) is 9.36. The predicted molar refractivity (Wildman–Crippen MR) is 102 cm³/mol. The molecule has 1 aromatic carbocycles. The van der Waals surface area contributed by atoms with Crippen molar-refractivity contribution in [2.24, 2.45) is 7.05 Å². The maximum atomic E-state index is 12.5. The molecule has 27 heavy (non-hydrogen) atoms. The van der Waals surface area contributed by atoms with E-state index in [2.05, 4.69) is 27.9 Å². The number of carbonyl (C=O) groups is 1. The van der Waals surface area contributed by atoms with Crippen LogP contribution in [0.25, 0.3) is 0 Å². The topological polar surface area (TPSA) is 77.4 Å². The lowest BCUT2D eigenvalue weighted by molar-refractivity contribution is -0.123. The second-order valence-corrected chi connectivity index (χ2v) is 6.83. The lowest BCUT2D eigenvalue weighted by atomic mass is 10.1. The van der Waals surface area contributed by atoms with E-state index >= 15 is 0 Å². The summed E-state index contributed by atoms with van der Waals surface area (Å²) in [6.07, 6.45) is 5.73. The van der Waals surface area contributed by atoms with E-state index in [0.29, 0.717) is 13.2 Å². The molecule has 2 N–H and O–H groups in total. The third kappa shape index (κ3) is 5.63. The van der Waals surface area contributed by atoms with Crippen LogP contribution >= 0.6 is 0 Å². The molecule has 0 radical (unpaired) electrons. The first kappa shape index (κ1) is 19.5. The number of carbonyl (C=O) groups excluding carboxylic acids is 1. The van der Waals surface area contributed by atoms with Crippen LogP contribution in [-0.4, -0.2) is 42.1 Å². The highest BCUT2D eigenvalue weighted by molar-refractivity contribution is 5.83. The molecule has 0 aliphatic carbocycles. The van der Waals surface area contributed by atoms with Crippen LogP contribution in [-0.2, 0) is 34.5 Å². The maximum Gasteiger partial charge on any atom is 0.242 e. The van der Waals surface area contributed by atoms with E-state index < -0.39 is 6.04 Å². The smallest absolute Gasteiger partial charge is 0.242 e. The van der Waals surface area contributed by atoms with E-state index in [-0.39, 0.29) is 12.0 Å². The maximum absolute atomic E-state index is 12.5. The minimum atomic E-state index is -0.418. The van der Waals surface area contributed by atoms with Gasteiger partial charge in [0.1, 0.15) is 6.04 Å². The molecular formula is C20H28N4O3. The number of aromatic nitrogens is 2. The Hall–Kier alpha value is -2.22. The second-order valence-electron chi connectivity index (χ2n) is 6.83. The molecule has 1 amide bonds. The average molecular weight is 372 g/mol. The highest BCUT2D eigenvalue weighted by Crippen LogP contribution is 2.15. The fourth-order valence-electron chi connectivity index (χ4n) is 3.22. The average Bonchev–Trinajstić information content (AvgIpc) is 3.12. The molecule has 1 unspecified atom stereocenters. The second kappa shape index (κ2) is 9.64. The van der Waals surface area contributed by atoms with Gasteiger partial charge in [0.2, 0.25) is 5.91 Å².